The van der Waals surface area contributed by atoms with Gasteiger partial charge in [-0.15, -0.1) is 11.6 Å². The van der Waals surface area contributed by atoms with Gasteiger partial charge in [0.1, 0.15) is 5.75 Å². The second-order valence-corrected chi connectivity index (χ2v) is 10.00. The summed E-state index contributed by atoms with van der Waals surface area (Å²) in [6.45, 7) is 1.81. The number of alkyl halides is 1. The van der Waals surface area contributed by atoms with Crippen LogP contribution in [0.3, 0.4) is 0 Å². The third-order valence-corrected chi connectivity index (χ3v) is 7.43. The third-order valence-electron chi connectivity index (χ3n) is 7.06. The Hall–Kier alpha value is -3.59. The molecule has 0 fully saturated rings. The number of anilines is 1. The Morgan fingerprint density at radius 2 is 1.71 bits per heavy atom. The van der Waals surface area contributed by atoms with Crippen molar-refractivity contribution in [2.24, 2.45) is 0 Å². The van der Waals surface area contributed by atoms with Gasteiger partial charge in [-0.1, -0.05) is 30.7 Å². The number of likely N-dealkylation sites (N-methyl/N-ethyl adjacent to an activating group) is 2. The first-order valence-electron chi connectivity index (χ1n) is 12.9. The van der Waals surface area contributed by atoms with Gasteiger partial charge in [0.2, 0.25) is 5.91 Å². The molecule has 38 heavy (non-hydrogen) atoms. The molecule has 2 aromatic rings. The summed E-state index contributed by atoms with van der Waals surface area (Å²) in [5, 5.41) is 5.24. The van der Waals surface area contributed by atoms with Gasteiger partial charge >= 0.3 is 6.09 Å². The zero-order valence-electron chi connectivity index (χ0n) is 21.7. The number of unbranched alkanes of at least 4 members (excludes halogenated alkanes) is 2. The van der Waals surface area contributed by atoms with Crippen LogP contribution >= 0.6 is 11.6 Å². The molecule has 1 N–H and O–H groups in total. The molecule has 4 rings (SSSR count). The molecule has 202 valence electrons. The smallest absolute Gasteiger partial charge is 0.409 e. The number of nitrogens with one attached hydrogen (secondary N) is 1. The Morgan fingerprint density at radius 3 is 2.42 bits per heavy atom. The van der Waals surface area contributed by atoms with Gasteiger partial charge in [-0.2, -0.15) is 0 Å². The quantitative estimate of drug-likeness (QED) is 0.263. The van der Waals surface area contributed by atoms with Crippen LogP contribution in [0.15, 0.2) is 42.5 Å². The topological polar surface area (TPSA) is 99.3 Å². The predicted molar refractivity (Wildman–Crippen MR) is 147 cm³/mol. The zero-order chi connectivity index (χ0) is 27.2. The summed E-state index contributed by atoms with van der Waals surface area (Å²) in [5.41, 5.74) is 2.08. The van der Waals surface area contributed by atoms with Crippen LogP contribution in [0.5, 0.6) is 5.75 Å². The zero-order valence-corrected chi connectivity index (χ0v) is 22.5. The van der Waals surface area contributed by atoms with Crippen molar-refractivity contribution in [3.05, 3.63) is 48.0 Å². The fourth-order valence-electron chi connectivity index (χ4n) is 4.76. The molecular formula is C28H33ClN4O5. The molecule has 1 unspecified atom stereocenters. The van der Waals surface area contributed by atoms with E-state index in [0.717, 1.165) is 35.0 Å². The summed E-state index contributed by atoms with van der Waals surface area (Å²) in [7, 11) is 3.36. The molecule has 4 amide bonds. The Kier molecular flexibility index (Phi) is 8.89. The van der Waals surface area contributed by atoms with Crippen LogP contribution in [0.25, 0.3) is 10.8 Å². The first kappa shape index (κ1) is 27.4. The number of carbonyl (C=O) groups is 4. The number of hydrogen-bond acceptors (Lipinski definition) is 6. The maximum Gasteiger partial charge on any atom is 0.415 e. The van der Waals surface area contributed by atoms with Crippen LogP contribution in [0.2, 0.25) is 0 Å². The average Bonchev–Trinajstić information content (AvgIpc) is 3.48. The van der Waals surface area contributed by atoms with Crippen molar-refractivity contribution in [1.29, 1.82) is 0 Å². The number of halogens is 1. The Labute approximate surface area is 227 Å². The fourth-order valence-corrected chi connectivity index (χ4v) is 5.02. The highest BCUT2D eigenvalue weighted by Crippen LogP contribution is 2.42. The largest absolute Gasteiger partial charge is 0.415 e. The fraction of sp³-hybridized carbons (Fsp3) is 0.429. The van der Waals surface area contributed by atoms with Crippen molar-refractivity contribution in [3.63, 3.8) is 0 Å². The molecule has 1 atom stereocenters. The van der Waals surface area contributed by atoms with Gasteiger partial charge < -0.3 is 19.9 Å². The van der Waals surface area contributed by atoms with Crippen molar-refractivity contribution >= 4 is 51.9 Å². The van der Waals surface area contributed by atoms with Crippen LogP contribution < -0.4 is 10.1 Å². The number of amides is 4. The average molecular weight is 541 g/mol. The molecule has 2 heterocycles. The van der Waals surface area contributed by atoms with Gasteiger partial charge in [0.05, 0.1) is 0 Å². The SMILES string of the molecule is CN(CCN(C)C(=O)Oc1cc2c(c3ccccc13)C(CCl)CN2)C(=O)CCCCCN1C(=O)C=CC1=O. The molecule has 0 radical (unpaired) electrons. The summed E-state index contributed by atoms with van der Waals surface area (Å²) in [6, 6.07) is 9.69. The van der Waals surface area contributed by atoms with Crippen molar-refractivity contribution in [2.75, 3.05) is 51.5 Å². The van der Waals surface area contributed by atoms with E-state index >= 15 is 0 Å². The van der Waals surface area contributed by atoms with Crippen molar-refractivity contribution in [2.45, 2.75) is 31.6 Å². The number of rotatable bonds is 11. The van der Waals surface area contributed by atoms with E-state index in [2.05, 4.69) is 5.32 Å². The first-order valence-corrected chi connectivity index (χ1v) is 13.4. The molecular weight excluding hydrogens is 508 g/mol. The Morgan fingerprint density at radius 1 is 1.03 bits per heavy atom. The number of imide groups is 1. The summed E-state index contributed by atoms with van der Waals surface area (Å²) in [5.74, 6) is 0.607. The highest BCUT2D eigenvalue weighted by atomic mass is 35.5. The number of hydrogen-bond donors (Lipinski definition) is 1. The van der Waals surface area contributed by atoms with Crippen molar-refractivity contribution < 1.29 is 23.9 Å². The molecule has 0 bridgehead atoms. The molecule has 10 heteroatoms. The maximum atomic E-state index is 12.9. The summed E-state index contributed by atoms with van der Waals surface area (Å²) >= 11 is 6.17. The normalized spacial score (nSPS) is 16.1. The lowest BCUT2D eigenvalue weighted by atomic mass is 9.95. The molecule has 2 aliphatic rings. The van der Waals surface area contributed by atoms with E-state index in [4.69, 9.17) is 16.3 Å². The van der Waals surface area contributed by atoms with Gasteiger partial charge in [0.15, 0.2) is 0 Å². The van der Waals surface area contributed by atoms with Crippen LogP contribution in [-0.4, -0.2) is 84.7 Å². The van der Waals surface area contributed by atoms with Crippen LogP contribution in [-0.2, 0) is 14.4 Å². The summed E-state index contributed by atoms with van der Waals surface area (Å²) < 4.78 is 5.78. The second-order valence-electron chi connectivity index (χ2n) is 9.69. The minimum absolute atomic E-state index is 0.0219. The first-order chi connectivity index (χ1) is 18.3. The number of nitrogens with zero attached hydrogens (tertiary/aromatic N) is 3. The van der Waals surface area contributed by atoms with E-state index in [-0.39, 0.29) is 23.6 Å². The third kappa shape index (κ3) is 6.10. The van der Waals surface area contributed by atoms with Crippen LogP contribution in [0.1, 0.15) is 37.2 Å². The Balaban J connectivity index is 1.23. The van der Waals surface area contributed by atoms with Gasteiger partial charge in [-0.3, -0.25) is 19.3 Å². The number of carbonyl (C=O) groups excluding carboxylic acids is 4. The van der Waals surface area contributed by atoms with Crippen LogP contribution in [0, 0.1) is 0 Å². The molecule has 0 aromatic heterocycles. The van der Waals surface area contributed by atoms with E-state index in [1.54, 1.807) is 19.0 Å². The highest BCUT2D eigenvalue weighted by molar-refractivity contribution is 6.18. The van der Waals surface area contributed by atoms with Crippen molar-refractivity contribution in [3.8, 4) is 5.75 Å². The summed E-state index contributed by atoms with van der Waals surface area (Å²) in [4.78, 5) is 52.7. The lowest BCUT2D eigenvalue weighted by Gasteiger charge is -2.22. The van der Waals surface area contributed by atoms with E-state index in [0.29, 0.717) is 50.5 Å². The number of benzene rings is 2. The minimum atomic E-state index is -0.497. The lowest BCUT2D eigenvalue weighted by Crippen LogP contribution is -2.38. The van der Waals surface area contributed by atoms with Gasteiger partial charge in [-0.05, 0) is 23.8 Å². The molecule has 0 saturated heterocycles. The van der Waals surface area contributed by atoms with E-state index in [1.165, 1.54) is 22.0 Å². The maximum absolute atomic E-state index is 12.9. The molecule has 0 spiro atoms. The monoisotopic (exact) mass is 540 g/mol. The van der Waals surface area contributed by atoms with Gasteiger partial charge in [0.25, 0.3) is 11.8 Å². The summed E-state index contributed by atoms with van der Waals surface area (Å²) in [6.07, 6.45) is 4.47. The molecule has 0 saturated carbocycles. The standard InChI is InChI=1S/C28H33ClN4O5/c1-31(24(34)10-4-3-7-13-33-25(35)11-12-26(33)36)14-15-32(2)28(37)38-23-16-22-27(19(17-29)18-30-22)21-9-6-5-8-20(21)23/h5-6,8-9,11-12,16,19,30H,3-4,7,10,13-15,17-18H2,1-2H3. The van der Waals surface area contributed by atoms with Crippen LogP contribution in [0.4, 0.5) is 10.5 Å². The van der Waals surface area contributed by atoms with E-state index in [1.807, 2.05) is 30.3 Å². The van der Waals surface area contributed by atoms with E-state index in [9.17, 15) is 19.2 Å². The minimum Gasteiger partial charge on any atom is -0.409 e. The number of fused-ring (bicyclic) bond motifs is 3. The number of ether oxygens (including phenoxy) is 1. The predicted octanol–water partition coefficient (Wildman–Crippen LogP) is 3.96. The van der Waals surface area contributed by atoms with E-state index < -0.39 is 6.09 Å². The molecule has 2 aromatic carbocycles. The van der Waals surface area contributed by atoms with Gasteiger partial charge in [0, 0.05) is 87.8 Å². The lowest BCUT2D eigenvalue weighted by molar-refractivity contribution is -0.137. The molecule has 9 nitrogen and oxygen atoms in total. The van der Waals surface area contributed by atoms with Gasteiger partial charge in [-0.25, -0.2) is 4.79 Å². The molecule has 0 aliphatic carbocycles. The Bertz CT molecular complexity index is 1250. The molecule has 2 aliphatic heterocycles. The second kappa shape index (κ2) is 12.3. The van der Waals surface area contributed by atoms with Crippen molar-refractivity contribution in [1.82, 2.24) is 14.7 Å². The highest BCUT2D eigenvalue weighted by Gasteiger charge is 2.27.